The van der Waals surface area contributed by atoms with E-state index in [1.165, 1.54) is 6.20 Å². The molecule has 0 N–H and O–H groups in total. The fourth-order valence-corrected chi connectivity index (χ4v) is 1.38. The predicted octanol–water partition coefficient (Wildman–Crippen LogP) is 3.64. The van der Waals surface area contributed by atoms with Crippen molar-refractivity contribution >= 4 is 11.6 Å². The molecule has 0 aliphatic rings. The van der Waals surface area contributed by atoms with Crippen LogP contribution in [0.1, 0.15) is 11.5 Å². The first-order valence-corrected chi connectivity index (χ1v) is 5.45. The molecule has 0 spiro atoms. The van der Waals surface area contributed by atoms with E-state index in [1.54, 1.807) is 19.1 Å². The van der Waals surface area contributed by atoms with Gasteiger partial charge in [0.05, 0.1) is 6.20 Å². The number of hydrogen-bond acceptors (Lipinski definition) is 4. The summed E-state index contributed by atoms with van der Waals surface area (Å²) in [5.41, 5.74) is 0.754. The van der Waals surface area contributed by atoms with Crippen LogP contribution in [0, 0.1) is 6.92 Å². The van der Waals surface area contributed by atoms with Crippen molar-refractivity contribution in [2.24, 2.45) is 0 Å². The second kappa shape index (κ2) is 5.00. The molecule has 2 heterocycles. The van der Waals surface area contributed by atoms with E-state index in [2.05, 4.69) is 15.0 Å². The van der Waals surface area contributed by atoms with Gasteiger partial charge >= 0.3 is 6.18 Å². The van der Waals surface area contributed by atoms with E-state index in [4.69, 9.17) is 16.3 Å². The van der Waals surface area contributed by atoms with Gasteiger partial charge in [0.2, 0.25) is 11.7 Å². The van der Waals surface area contributed by atoms with Gasteiger partial charge < -0.3 is 4.74 Å². The Labute approximate surface area is 111 Å². The normalized spacial score (nSPS) is 11.4. The molecular weight excluding hydrogens is 283 g/mol. The van der Waals surface area contributed by atoms with Crippen molar-refractivity contribution in [3.8, 4) is 11.6 Å². The maximum absolute atomic E-state index is 12.5. The lowest BCUT2D eigenvalue weighted by Gasteiger charge is -2.08. The van der Waals surface area contributed by atoms with E-state index in [1.807, 2.05) is 0 Å². The van der Waals surface area contributed by atoms with Gasteiger partial charge in [-0.25, -0.2) is 4.98 Å². The summed E-state index contributed by atoms with van der Waals surface area (Å²) in [6.07, 6.45) is -3.31. The monoisotopic (exact) mass is 289 g/mol. The van der Waals surface area contributed by atoms with Crippen LogP contribution in [0.25, 0.3) is 0 Å². The van der Waals surface area contributed by atoms with Crippen molar-refractivity contribution < 1.29 is 17.9 Å². The Balaban J connectivity index is 2.30. The summed E-state index contributed by atoms with van der Waals surface area (Å²) in [6.45, 7) is 1.77. The highest BCUT2D eigenvalue weighted by atomic mass is 35.5. The van der Waals surface area contributed by atoms with Crippen molar-refractivity contribution in [1.29, 1.82) is 0 Å². The average Bonchev–Trinajstić information content (AvgIpc) is 2.30. The Morgan fingerprint density at radius 1 is 1.21 bits per heavy atom. The molecule has 0 saturated heterocycles. The summed E-state index contributed by atoms with van der Waals surface area (Å²) >= 11 is 5.50. The van der Waals surface area contributed by atoms with E-state index in [0.717, 1.165) is 11.8 Å². The van der Waals surface area contributed by atoms with Gasteiger partial charge in [0.15, 0.2) is 0 Å². The topological polar surface area (TPSA) is 47.9 Å². The first kappa shape index (κ1) is 13.5. The minimum absolute atomic E-state index is 0.258. The zero-order chi connectivity index (χ0) is 14.0. The highest BCUT2D eigenvalue weighted by Gasteiger charge is 2.35. The predicted molar refractivity (Wildman–Crippen MR) is 61.1 cm³/mol. The number of rotatable bonds is 2. The minimum atomic E-state index is -4.69. The molecule has 0 saturated carbocycles. The highest BCUT2D eigenvalue weighted by molar-refractivity contribution is 6.29. The van der Waals surface area contributed by atoms with Crippen LogP contribution in [0.4, 0.5) is 13.2 Å². The Kier molecular flexibility index (Phi) is 3.57. The van der Waals surface area contributed by atoms with Crippen molar-refractivity contribution in [2.45, 2.75) is 13.1 Å². The average molecular weight is 290 g/mol. The van der Waals surface area contributed by atoms with Crippen molar-refractivity contribution in [3.63, 3.8) is 0 Å². The van der Waals surface area contributed by atoms with Crippen LogP contribution in [-0.2, 0) is 6.18 Å². The van der Waals surface area contributed by atoms with Crippen molar-refractivity contribution in [3.05, 3.63) is 41.1 Å². The quantitative estimate of drug-likeness (QED) is 0.792. The summed E-state index contributed by atoms with van der Waals surface area (Å²) in [5.74, 6) is -1.39. The zero-order valence-electron chi connectivity index (χ0n) is 9.57. The lowest BCUT2D eigenvalue weighted by atomic mass is 10.4. The number of halogens is 4. The number of aryl methyl sites for hydroxylation is 1. The third-order valence-corrected chi connectivity index (χ3v) is 2.23. The number of alkyl halides is 3. The molecule has 2 aromatic rings. The lowest BCUT2D eigenvalue weighted by molar-refractivity contribution is -0.145. The summed E-state index contributed by atoms with van der Waals surface area (Å²) in [5, 5.41) is -0.350. The Hall–Kier alpha value is -1.89. The van der Waals surface area contributed by atoms with Gasteiger partial charge in [0.25, 0.3) is 0 Å². The number of aromatic nitrogens is 3. The molecule has 0 aliphatic heterocycles. The molecule has 0 atom stereocenters. The number of ether oxygens (including phenoxy) is 1. The fourth-order valence-electron chi connectivity index (χ4n) is 1.21. The van der Waals surface area contributed by atoms with Gasteiger partial charge in [-0.3, -0.25) is 4.98 Å². The van der Waals surface area contributed by atoms with E-state index >= 15 is 0 Å². The molecule has 0 fully saturated rings. The van der Waals surface area contributed by atoms with Gasteiger partial charge in [0.1, 0.15) is 10.9 Å². The molecule has 0 bridgehead atoms. The molecule has 0 unspecified atom stereocenters. The van der Waals surface area contributed by atoms with Crippen LogP contribution in [-0.4, -0.2) is 15.0 Å². The molecule has 0 aliphatic carbocycles. The van der Waals surface area contributed by atoms with Gasteiger partial charge in [-0.2, -0.15) is 18.2 Å². The largest absolute Gasteiger partial charge is 0.451 e. The third kappa shape index (κ3) is 3.54. The molecule has 0 amide bonds. The van der Waals surface area contributed by atoms with Crippen LogP contribution in [0.5, 0.6) is 11.6 Å². The van der Waals surface area contributed by atoms with Crippen LogP contribution < -0.4 is 4.74 Å². The van der Waals surface area contributed by atoms with Gasteiger partial charge in [-0.15, -0.1) is 0 Å². The standard InChI is InChI=1S/C11H7ClF3N3O/c1-6-2-3-7(5-16-6)19-9-4-8(12)17-10(18-9)11(13,14)15/h2-5H,1H3. The molecule has 8 heteroatoms. The third-order valence-electron chi connectivity index (χ3n) is 2.03. The van der Waals surface area contributed by atoms with Crippen LogP contribution in [0.3, 0.4) is 0 Å². The highest BCUT2D eigenvalue weighted by Crippen LogP contribution is 2.30. The molecule has 19 heavy (non-hydrogen) atoms. The van der Waals surface area contributed by atoms with Gasteiger partial charge in [0, 0.05) is 11.8 Å². The molecule has 2 rings (SSSR count). The lowest BCUT2D eigenvalue weighted by Crippen LogP contribution is -2.11. The van der Waals surface area contributed by atoms with Crippen LogP contribution in [0.15, 0.2) is 24.4 Å². The van der Waals surface area contributed by atoms with Gasteiger partial charge in [-0.05, 0) is 19.1 Å². The van der Waals surface area contributed by atoms with Gasteiger partial charge in [-0.1, -0.05) is 11.6 Å². The number of nitrogens with zero attached hydrogens (tertiary/aromatic N) is 3. The maximum Gasteiger partial charge on any atom is 0.451 e. The molecule has 100 valence electrons. The zero-order valence-corrected chi connectivity index (χ0v) is 10.3. The summed E-state index contributed by atoms with van der Waals surface area (Å²) in [4.78, 5) is 10.3. The van der Waals surface area contributed by atoms with E-state index in [0.29, 0.717) is 0 Å². The number of pyridine rings is 1. The molecule has 0 aromatic carbocycles. The molecular formula is C11H7ClF3N3O. The summed E-state index contributed by atoms with van der Waals surface area (Å²) < 4.78 is 42.6. The van der Waals surface area contributed by atoms with E-state index in [-0.39, 0.29) is 16.8 Å². The molecule has 4 nitrogen and oxygen atoms in total. The Morgan fingerprint density at radius 2 is 1.95 bits per heavy atom. The summed E-state index contributed by atoms with van der Waals surface area (Å²) in [7, 11) is 0. The van der Waals surface area contributed by atoms with E-state index in [9.17, 15) is 13.2 Å². The SMILES string of the molecule is Cc1ccc(Oc2cc(Cl)nc(C(F)(F)F)n2)cn1. The Morgan fingerprint density at radius 3 is 2.53 bits per heavy atom. The van der Waals surface area contributed by atoms with Crippen LogP contribution in [0.2, 0.25) is 5.15 Å². The van der Waals surface area contributed by atoms with Crippen molar-refractivity contribution in [1.82, 2.24) is 15.0 Å². The number of hydrogen-bond donors (Lipinski definition) is 0. The second-order valence-electron chi connectivity index (χ2n) is 3.59. The Bertz CT molecular complexity index is 587. The second-order valence-corrected chi connectivity index (χ2v) is 3.97. The smallest absolute Gasteiger partial charge is 0.437 e. The van der Waals surface area contributed by atoms with Crippen LogP contribution >= 0.6 is 11.6 Å². The van der Waals surface area contributed by atoms with E-state index < -0.39 is 12.0 Å². The first-order valence-electron chi connectivity index (χ1n) is 5.07. The maximum atomic E-state index is 12.5. The first-order chi connectivity index (χ1) is 8.84. The van der Waals surface area contributed by atoms with Crippen molar-refractivity contribution in [2.75, 3.05) is 0 Å². The minimum Gasteiger partial charge on any atom is -0.437 e. The molecule has 0 radical (unpaired) electrons. The molecule has 2 aromatic heterocycles. The fraction of sp³-hybridized carbons (Fsp3) is 0.182. The summed E-state index contributed by atoms with van der Waals surface area (Å²) in [6, 6.07) is 4.31.